The SMILES string of the molecule is CC(C)NC(=O)N(CC1CCC2CC1C2(C)C)CC1(O)CCC2C34C=CC5(C=C3C(=O)Cc3c(F)cccc3Cl)CC(O)CCC5(C)C4CCC21C. The van der Waals surface area contributed by atoms with Crippen molar-refractivity contribution >= 4 is 23.4 Å². The van der Waals surface area contributed by atoms with Crippen LogP contribution in [0.3, 0.4) is 0 Å². The first-order valence-corrected chi connectivity index (χ1v) is 20.6. The maximum Gasteiger partial charge on any atom is 0.317 e. The number of ketones is 1. The molecule has 10 rings (SSSR count). The summed E-state index contributed by atoms with van der Waals surface area (Å²) >= 11 is 6.50. The highest BCUT2D eigenvalue weighted by Crippen LogP contribution is 2.78. The Bertz CT molecular complexity index is 1700. The third-order valence-electron chi connectivity index (χ3n) is 17.0. The van der Waals surface area contributed by atoms with Gasteiger partial charge in [-0.05, 0) is 131 Å². The summed E-state index contributed by atoms with van der Waals surface area (Å²) in [6.45, 7) is 14.3. The fourth-order valence-electron chi connectivity index (χ4n) is 14.0. The van der Waals surface area contributed by atoms with Crippen LogP contribution in [0.4, 0.5) is 9.18 Å². The van der Waals surface area contributed by atoms with Gasteiger partial charge >= 0.3 is 6.03 Å². The van der Waals surface area contributed by atoms with E-state index in [-0.39, 0.29) is 58.7 Å². The lowest BCUT2D eigenvalue weighted by molar-refractivity contribution is -0.179. The van der Waals surface area contributed by atoms with E-state index in [0.717, 1.165) is 44.4 Å². The molecule has 2 spiro atoms. The number of aliphatic hydroxyl groups is 2. The number of nitrogens with one attached hydrogen (secondary N) is 1. The van der Waals surface area contributed by atoms with Gasteiger partial charge in [-0.25, -0.2) is 9.18 Å². The highest BCUT2D eigenvalue weighted by Gasteiger charge is 2.74. The van der Waals surface area contributed by atoms with Gasteiger partial charge in [-0.15, -0.1) is 0 Å². The van der Waals surface area contributed by atoms with E-state index in [2.05, 4.69) is 51.2 Å². The third kappa shape index (κ3) is 4.99. The minimum atomic E-state index is -1.15. The molecule has 0 saturated heterocycles. The van der Waals surface area contributed by atoms with Gasteiger partial charge in [0, 0.05) is 51.4 Å². The van der Waals surface area contributed by atoms with Crippen LogP contribution in [0.5, 0.6) is 0 Å². The molecule has 9 aliphatic carbocycles. The number of urea groups is 1. The van der Waals surface area contributed by atoms with Crippen LogP contribution in [-0.4, -0.2) is 57.8 Å². The molecule has 52 heavy (non-hydrogen) atoms. The predicted octanol–water partition coefficient (Wildman–Crippen LogP) is 8.67. The minimum Gasteiger partial charge on any atom is -0.393 e. The lowest BCUT2D eigenvalue weighted by atomic mass is 9.32. The summed E-state index contributed by atoms with van der Waals surface area (Å²) in [6, 6.07) is 4.43. The Morgan fingerprint density at radius 3 is 2.40 bits per heavy atom. The smallest absolute Gasteiger partial charge is 0.317 e. The number of allylic oxidation sites excluding steroid dienone is 4. The Kier molecular flexibility index (Phi) is 8.58. The number of hydrogen-bond acceptors (Lipinski definition) is 4. The summed E-state index contributed by atoms with van der Waals surface area (Å²) in [6.07, 6.45) is 14.8. The van der Waals surface area contributed by atoms with Crippen molar-refractivity contribution in [3.05, 3.63) is 58.4 Å². The van der Waals surface area contributed by atoms with Crippen molar-refractivity contribution in [1.29, 1.82) is 0 Å². The van der Waals surface area contributed by atoms with Gasteiger partial charge in [-0.3, -0.25) is 4.79 Å². The summed E-state index contributed by atoms with van der Waals surface area (Å²) in [7, 11) is 0. The molecular formula is C44H60ClFN2O4. The van der Waals surface area contributed by atoms with Crippen molar-refractivity contribution in [1.82, 2.24) is 10.2 Å². The minimum absolute atomic E-state index is 0.0203. The van der Waals surface area contributed by atoms with Gasteiger partial charge in [0.1, 0.15) is 5.82 Å². The van der Waals surface area contributed by atoms with E-state index in [4.69, 9.17) is 11.6 Å². The number of hydrogen-bond donors (Lipinski definition) is 3. The van der Waals surface area contributed by atoms with Crippen molar-refractivity contribution in [3.63, 3.8) is 0 Å². The number of nitrogens with zero attached hydrogens (tertiary/aromatic N) is 1. The molecular weight excluding hydrogens is 675 g/mol. The molecule has 0 radical (unpaired) electrons. The van der Waals surface area contributed by atoms with Crippen molar-refractivity contribution in [3.8, 4) is 0 Å². The van der Waals surface area contributed by atoms with Crippen molar-refractivity contribution < 1.29 is 24.2 Å². The molecule has 0 aromatic heterocycles. The molecule has 1 aromatic rings. The molecule has 284 valence electrons. The maximum atomic E-state index is 15.2. The molecule has 4 bridgehead atoms. The topological polar surface area (TPSA) is 89.9 Å². The lowest BCUT2D eigenvalue weighted by Crippen LogP contribution is -2.67. The summed E-state index contributed by atoms with van der Waals surface area (Å²) in [5.74, 6) is 1.24. The fourth-order valence-corrected chi connectivity index (χ4v) is 14.2. The number of aliphatic hydroxyl groups excluding tert-OH is 1. The second kappa shape index (κ2) is 12.1. The van der Waals surface area contributed by atoms with Gasteiger partial charge in [-0.2, -0.15) is 0 Å². The van der Waals surface area contributed by atoms with E-state index >= 15 is 4.39 Å². The van der Waals surface area contributed by atoms with E-state index in [1.807, 2.05) is 18.7 Å². The van der Waals surface area contributed by atoms with Gasteiger partial charge in [0.15, 0.2) is 5.78 Å². The van der Waals surface area contributed by atoms with Crippen molar-refractivity contribution in [2.75, 3.05) is 13.1 Å². The average Bonchev–Trinajstić information content (AvgIpc) is 3.35. The Morgan fingerprint density at radius 2 is 1.71 bits per heavy atom. The second-order valence-electron chi connectivity index (χ2n) is 19.8. The second-order valence-corrected chi connectivity index (χ2v) is 20.2. The van der Waals surface area contributed by atoms with Gasteiger partial charge < -0.3 is 20.4 Å². The molecule has 6 nitrogen and oxygen atoms in total. The molecule has 2 amide bonds. The lowest BCUT2D eigenvalue weighted by Gasteiger charge is -2.71. The number of rotatable bonds is 8. The molecule has 6 fully saturated rings. The van der Waals surface area contributed by atoms with Gasteiger partial charge in [-0.1, -0.05) is 63.6 Å². The van der Waals surface area contributed by atoms with Crippen molar-refractivity contribution in [2.45, 2.75) is 130 Å². The molecule has 11 atom stereocenters. The Labute approximate surface area is 315 Å². The first-order chi connectivity index (χ1) is 24.4. The van der Waals surface area contributed by atoms with E-state index in [1.165, 1.54) is 18.9 Å². The predicted molar refractivity (Wildman–Crippen MR) is 202 cm³/mol. The number of amides is 2. The normalized spacial score (nSPS) is 43.6. The van der Waals surface area contributed by atoms with E-state index in [9.17, 15) is 19.8 Å². The molecule has 8 heteroatoms. The summed E-state index contributed by atoms with van der Waals surface area (Å²) in [5.41, 5.74) is -1.79. The summed E-state index contributed by atoms with van der Waals surface area (Å²) in [4.78, 5) is 30.8. The zero-order valence-electron chi connectivity index (χ0n) is 32.1. The number of Topliss-reactive ketones (excluding diaryl/α,β-unsaturated/α-hetero) is 1. The fraction of sp³-hybridized carbons (Fsp3) is 0.727. The Balaban J connectivity index is 1.17. The largest absolute Gasteiger partial charge is 0.393 e. The third-order valence-corrected chi connectivity index (χ3v) is 17.4. The van der Waals surface area contributed by atoms with Gasteiger partial charge in [0.25, 0.3) is 0 Å². The van der Waals surface area contributed by atoms with Crippen LogP contribution in [-0.2, 0) is 11.2 Å². The molecule has 1 aromatic carbocycles. The Morgan fingerprint density at radius 1 is 1.00 bits per heavy atom. The first-order valence-electron chi connectivity index (χ1n) is 20.3. The number of benzene rings is 1. The van der Waals surface area contributed by atoms with Crippen LogP contribution in [0.2, 0.25) is 5.02 Å². The zero-order valence-corrected chi connectivity index (χ0v) is 32.9. The molecule has 3 N–H and O–H groups in total. The van der Waals surface area contributed by atoms with Gasteiger partial charge in [0.05, 0.1) is 18.2 Å². The van der Waals surface area contributed by atoms with Crippen LogP contribution >= 0.6 is 11.6 Å². The monoisotopic (exact) mass is 734 g/mol. The maximum absolute atomic E-state index is 15.2. The van der Waals surface area contributed by atoms with E-state index in [0.29, 0.717) is 42.2 Å². The average molecular weight is 735 g/mol. The molecule has 0 heterocycles. The Hall–Kier alpha value is -2.22. The van der Waals surface area contributed by atoms with E-state index < -0.39 is 33.8 Å². The van der Waals surface area contributed by atoms with Crippen molar-refractivity contribution in [2.24, 2.45) is 56.7 Å². The molecule has 11 unspecified atom stereocenters. The number of carbonyl (C=O) groups excluding carboxylic acids is 2. The summed E-state index contributed by atoms with van der Waals surface area (Å²) in [5, 5.41) is 27.6. The standard InChI is InChI=1S/C44H60ClFN2O4/c1-26(2)47-38(51)48(24-27-10-11-28-20-31(27)39(28,3)4)25-43(52)17-14-37-41(43,6)16-13-36-40(5)15-12-29(49)22-42(40)18-19-44(36,37)32(23-42)35(50)21-30-33(45)8-7-9-34(30)46/h7-9,18-19,23,26-29,31,36-37,49,52H,10-17,20-22,24-25H2,1-6H3,(H,47,51). The summed E-state index contributed by atoms with van der Waals surface area (Å²) < 4.78 is 15.2. The van der Waals surface area contributed by atoms with Gasteiger partial charge in [0.2, 0.25) is 0 Å². The highest BCUT2D eigenvalue weighted by molar-refractivity contribution is 6.31. The first kappa shape index (κ1) is 36.7. The van der Waals surface area contributed by atoms with E-state index in [1.54, 1.807) is 12.1 Å². The van der Waals surface area contributed by atoms with Crippen LogP contribution < -0.4 is 5.32 Å². The zero-order chi connectivity index (χ0) is 37.2. The molecule has 0 aliphatic heterocycles. The number of fused-ring (bicyclic) bond motifs is 3. The highest BCUT2D eigenvalue weighted by atomic mass is 35.5. The van der Waals surface area contributed by atoms with Crippen LogP contribution in [0.15, 0.2) is 42.0 Å². The van der Waals surface area contributed by atoms with Crippen LogP contribution in [0.25, 0.3) is 0 Å². The van der Waals surface area contributed by atoms with Crippen LogP contribution in [0, 0.1) is 62.5 Å². The quantitative estimate of drug-likeness (QED) is 0.233. The molecule has 6 saturated carbocycles. The number of halogens is 2. The number of carbonyl (C=O) groups is 2. The van der Waals surface area contributed by atoms with Crippen LogP contribution in [0.1, 0.15) is 111 Å². The molecule has 9 aliphatic rings.